The van der Waals surface area contributed by atoms with Gasteiger partial charge in [-0.2, -0.15) is 0 Å². The first kappa shape index (κ1) is 23.4. The molecule has 0 aliphatic carbocycles. The maximum Gasteiger partial charge on any atom is 0.231 e. The Morgan fingerprint density at radius 1 is 1.00 bits per heavy atom. The predicted octanol–water partition coefficient (Wildman–Crippen LogP) is 4.27. The molecule has 6 nitrogen and oxygen atoms in total. The topological polar surface area (TPSA) is 57.7 Å². The van der Waals surface area contributed by atoms with E-state index in [9.17, 15) is 4.79 Å². The molecule has 1 aromatic heterocycles. The summed E-state index contributed by atoms with van der Waals surface area (Å²) in [6.07, 6.45) is 0.310. The summed E-state index contributed by atoms with van der Waals surface area (Å²) in [5.41, 5.74) is 5.55. The molecule has 1 saturated heterocycles. The van der Waals surface area contributed by atoms with Crippen LogP contribution >= 0.6 is 11.3 Å². The SMILES string of the molecule is COc1ccc(C)cc1CN1CCN(Cc2csc(CC(=O)Nc3ccc(C)cc3)n2)CC1. The number of aromatic nitrogens is 1. The fourth-order valence-electron chi connectivity index (χ4n) is 4.09. The van der Waals surface area contributed by atoms with E-state index in [4.69, 9.17) is 9.72 Å². The minimum Gasteiger partial charge on any atom is -0.496 e. The average Bonchev–Trinajstić information content (AvgIpc) is 3.23. The number of ether oxygens (including phenoxy) is 1. The lowest BCUT2D eigenvalue weighted by Gasteiger charge is -2.34. The van der Waals surface area contributed by atoms with E-state index in [1.165, 1.54) is 16.7 Å². The molecule has 2 heterocycles. The van der Waals surface area contributed by atoms with Crippen molar-refractivity contribution in [3.63, 3.8) is 0 Å². The summed E-state index contributed by atoms with van der Waals surface area (Å²) in [6, 6.07) is 14.2. The van der Waals surface area contributed by atoms with Crippen molar-refractivity contribution in [2.45, 2.75) is 33.4 Å². The maximum atomic E-state index is 12.3. The van der Waals surface area contributed by atoms with Gasteiger partial charge in [0.1, 0.15) is 10.8 Å². The number of hydrogen-bond donors (Lipinski definition) is 1. The van der Waals surface area contributed by atoms with Crippen molar-refractivity contribution in [2.75, 3.05) is 38.6 Å². The molecule has 0 bridgehead atoms. The van der Waals surface area contributed by atoms with E-state index < -0.39 is 0 Å². The Hall–Kier alpha value is -2.74. The number of thiazole rings is 1. The average molecular weight is 465 g/mol. The predicted molar refractivity (Wildman–Crippen MR) is 134 cm³/mol. The number of rotatable bonds is 8. The molecule has 0 saturated carbocycles. The van der Waals surface area contributed by atoms with Gasteiger partial charge in [-0.1, -0.05) is 35.4 Å². The van der Waals surface area contributed by atoms with E-state index in [-0.39, 0.29) is 5.91 Å². The van der Waals surface area contributed by atoms with Crippen LogP contribution in [-0.2, 0) is 24.3 Å². The highest BCUT2D eigenvalue weighted by Gasteiger charge is 2.19. The molecule has 0 unspecified atom stereocenters. The van der Waals surface area contributed by atoms with E-state index in [2.05, 4.69) is 45.6 Å². The summed E-state index contributed by atoms with van der Waals surface area (Å²) in [6.45, 7) is 9.95. The number of benzene rings is 2. The highest BCUT2D eigenvalue weighted by Crippen LogP contribution is 2.22. The number of nitrogens with one attached hydrogen (secondary N) is 1. The second-order valence-electron chi connectivity index (χ2n) is 8.69. The zero-order valence-corrected chi connectivity index (χ0v) is 20.5. The molecule has 0 radical (unpaired) electrons. The Kier molecular flexibility index (Phi) is 7.75. The zero-order valence-electron chi connectivity index (χ0n) is 19.6. The van der Waals surface area contributed by atoms with Crippen molar-refractivity contribution in [2.24, 2.45) is 0 Å². The number of hydrogen-bond acceptors (Lipinski definition) is 6. The van der Waals surface area contributed by atoms with Crippen molar-refractivity contribution in [1.82, 2.24) is 14.8 Å². The van der Waals surface area contributed by atoms with Gasteiger partial charge >= 0.3 is 0 Å². The first-order valence-electron chi connectivity index (χ1n) is 11.4. The van der Waals surface area contributed by atoms with Gasteiger partial charge in [-0.3, -0.25) is 14.6 Å². The fourth-order valence-corrected chi connectivity index (χ4v) is 4.87. The number of methoxy groups -OCH3 is 1. The van der Waals surface area contributed by atoms with Gasteiger partial charge in [0, 0.05) is 55.9 Å². The van der Waals surface area contributed by atoms with Crippen molar-refractivity contribution < 1.29 is 9.53 Å². The molecule has 3 aromatic rings. The van der Waals surface area contributed by atoms with Crippen LogP contribution in [0.25, 0.3) is 0 Å². The first-order chi connectivity index (χ1) is 16.0. The molecular weight excluding hydrogens is 432 g/mol. The third kappa shape index (κ3) is 6.63. The van der Waals surface area contributed by atoms with Gasteiger partial charge in [0.2, 0.25) is 5.91 Å². The van der Waals surface area contributed by atoms with Crippen LogP contribution in [0.5, 0.6) is 5.75 Å². The molecule has 33 heavy (non-hydrogen) atoms. The second-order valence-corrected chi connectivity index (χ2v) is 9.63. The highest BCUT2D eigenvalue weighted by molar-refractivity contribution is 7.09. The minimum absolute atomic E-state index is 0.0278. The van der Waals surface area contributed by atoms with Gasteiger partial charge in [-0.25, -0.2) is 4.98 Å². The number of aryl methyl sites for hydroxylation is 2. The van der Waals surface area contributed by atoms with Gasteiger partial charge in [0.05, 0.1) is 19.2 Å². The van der Waals surface area contributed by atoms with E-state index in [1.54, 1.807) is 18.4 Å². The summed E-state index contributed by atoms with van der Waals surface area (Å²) in [4.78, 5) is 22.0. The molecule has 7 heteroatoms. The van der Waals surface area contributed by atoms with Gasteiger partial charge in [0.25, 0.3) is 0 Å². The minimum atomic E-state index is -0.0278. The molecule has 0 atom stereocenters. The van der Waals surface area contributed by atoms with Gasteiger partial charge in [-0.05, 0) is 32.0 Å². The van der Waals surface area contributed by atoms with Crippen molar-refractivity contribution >= 4 is 22.9 Å². The zero-order chi connectivity index (χ0) is 23.2. The number of anilines is 1. The molecule has 0 spiro atoms. The third-order valence-electron chi connectivity index (χ3n) is 5.93. The molecule has 1 N–H and O–H groups in total. The monoisotopic (exact) mass is 464 g/mol. The first-order valence-corrected chi connectivity index (χ1v) is 12.2. The lowest BCUT2D eigenvalue weighted by molar-refractivity contribution is -0.115. The Bertz CT molecular complexity index is 1070. The van der Waals surface area contributed by atoms with Crippen LogP contribution in [-0.4, -0.2) is 54.0 Å². The van der Waals surface area contributed by atoms with Crippen LogP contribution in [0.2, 0.25) is 0 Å². The molecule has 1 aliphatic heterocycles. The maximum absolute atomic E-state index is 12.3. The smallest absolute Gasteiger partial charge is 0.231 e. The molecule has 1 fully saturated rings. The second kappa shape index (κ2) is 10.9. The summed E-state index contributed by atoms with van der Waals surface area (Å²) in [5.74, 6) is 0.935. The summed E-state index contributed by atoms with van der Waals surface area (Å²) >= 11 is 1.56. The summed E-state index contributed by atoms with van der Waals surface area (Å²) < 4.78 is 5.54. The number of amides is 1. The van der Waals surface area contributed by atoms with Gasteiger partial charge in [-0.15, -0.1) is 11.3 Å². The van der Waals surface area contributed by atoms with Crippen molar-refractivity contribution in [1.29, 1.82) is 0 Å². The lowest BCUT2D eigenvalue weighted by atomic mass is 10.1. The Balaban J connectivity index is 1.24. The van der Waals surface area contributed by atoms with Crippen LogP contribution < -0.4 is 10.1 Å². The Morgan fingerprint density at radius 2 is 1.67 bits per heavy atom. The van der Waals surface area contributed by atoms with Crippen LogP contribution in [0.1, 0.15) is 27.4 Å². The van der Waals surface area contributed by atoms with E-state index in [1.807, 2.05) is 31.2 Å². The molecule has 2 aromatic carbocycles. The summed E-state index contributed by atoms with van der Waals surface area (Å²) in [5, 5.41) is 5.89. The van der Waals surface area contributed by atoms with E-state index in [0.717, 1.165) is 61.4 Å². The number of piperazine rings is 1. The lowest BCUT2D eigenvalue weighted by Crippen LogP contribution is -2.45. The summed E-state index contributed by atoms with van der Waals surface area (Å²) in [7, 11) is 1.74. The number of carbonyl (C=O) groups excluding carboxylic acids is 1. The third-order valence-corrected chi connectivity index (χ3v) is 6.82. The quantitative estimate of drug-likeness (QED) is 0.540. The highest BCUT2D eigenvalue weighted by atomic mass is 32.1. The van der Waals surface area contributed by atoms with Crippen molar-refractivity contribution in [3.05, 3.63) is 75.2 Å². The van der Waals surface area contributed by atoms with E-state index in [0.29, 0.717) is 6.42 Å². The Labute approximate surface area is 200 Å². The van der Waals surface area contributed by atoms with Gasteiger partial charge in [0.15, 0.2) is 0 Å². The molecule has 174 valence electrons. The normalized spacial score (nSPS) is 14.9. The standard InChI is InChI=1S/C26H32N4O2S/c1-19-4-7-22(8-5-19)27-25(31)15-26-28-23(18-33-26)17-30-12-10-29(11-13-30)16-21-14-20(2)6-9-24(21)32-3/h4-9,14,18H,10-13,15-17H2,1-3H3,(H,27,31). The largest absolute Gasteiger partial charge is 0.496 e. The fraction of sp³-hybridized carbons (Fsp3) is 0.385. The van der Waals surface area contributed by atoms with Crippen LogP contribution in [0, 0.1) is 13.8 Å². The van der Waals surface area contributed by atoms with Gasteiger partial charge < -0.3 is 10.1 Å². The van der Waals surface area contributed by atoms with Crippen LogP contribution in [0.15, 0.2) is 47.8 Å². The molecular formula is C26H32N4O2S. The van der Waals surface area contributed by atoms with Crippen molar-refractivity contribution in [3.8, 4) is 5.75 Å². The molecule has 1 aliphatic rings. The number of nitrogens with zero attached hydrogens (tertiary/aromatic N) is 3. The molecule has 4 rings (SSSR count). The Morgan fingerprint density at radius 3 is 2.36 bits per heavy atom. The molecule has 1 amide bonds. The van der Waals surface area contributed by atoms with Crippen LogP contribution in [0.4, 0.5) is 5.69 Å². The van der Waals surface area contributed by atoms with E-state index >= 15 is 0 Å². The van der Waals surface area contributed by atoms with Crippen LogP contribution in [0.3, 0.4) is 0 Å². The number of carbonyl (C=O) groups is 1.